The normalized spacial score (nSPS) is 15.7. The minimum Gasteiger partial charge on any atom is -0.310 e. The fourth-order valence-electron chi connectivity index (χ4n) is 10.5. The highest BCUT2D eigenvalue weighted by atomic mass is 15.1. The maximum Gasteiger partial charge on any atom is 0.0540 e. The van der Waals surface area contributed by atoms with Crippen LogP contribution in [0, 0.1) is 0 Å². The van der Waals surface area contributed by atoms with Gasteiger partial charge in [-0.15, -0.1) is 0 Å². The predicted molar refractivity (Wildman–Crippen MR) is 233 cm³/mol. The number of fused-ring (bicyclic) bond motifs is 8. The molecule has 10 rings (SSSR count). The van der Waals surface area contributed by atoms with Crippen LogP contribution in [-0.2, 0) is 16.2 Å². The molecular formula is C54H49N. The molecule has 0 radical (unpaired) electrons. The molecule has 0 heterocycles. The van der Waals surface area contributed by atoms with Crippen molar-refractivity contribution in [2.45, 2.75) is 76.5 Å². The highest BCUT2D eigenvalue weighted by Crippen LogP contribution is 2.58. The van der Waals surface area contributed by atoms with Crippen LogP contribution in [0.25, 0.3) is 44.5 Å². The Morgan fingerprint density at radius 2 is 0.982 bits per heavy atom. The topological polar surface area (TPSA) is 3.24 Å². The third-order valence-electron chi connectivity index (χ3n) is 13.2. The lowest BCUT2D eigenvalue weighted by atomic mass is 9.76. The molecule has 0 aliphatic heterocycles. The molecule has 1 saturated carbocycles. The van der Waals surface area contributed by atoms with E-state index in [2.05, 4.69) is 197 Å². The Balaban J connectivity index is 1.13. The summed E-state index contributed by atoms with van der Waals surface area (Å²) in [5.74, 6) is 0. The maximum atomic E-state index is 2.54. The molecule has 0 saturated heterocycles. The number of hydrogen-bond acceptors (Lipinski definition) is 1. The third-order valence-corrected chi connectivity index (χ3v) is 13.2. The van der Waals surface area contributed by atoms with Gasteiger partial charge in [0, 0.05) is 27.8 Å². The molecule has 3 aliphatic rings. The Bertz CT molecular complexity index is 2590. The highest BCUT2D eigenvalue weighted by molar-refractivity contribution is 5.92. The fourth-order valence-corrected chi connectivity index (χ4v) is 10.5. The Kier molecular flexibility index (Phi) is 7.66. The van der Waals surface area contributed by atoms with Crippen LogP contribution in [0.2, 0.25) is 0 Å². The van der Waals surface area contributed by atoms with E-state index in [-0.39, 0.29) is 16.2 Å². The molecule has 270 valence electrons. The largest absolute Gasteiger partial charge is 0.310 e. The smallest absolute Gasteiger partial charge is 0.0540 e. The van der Waals surface area contributed by atoms with E-state index in [0.717, 1.165) is 5.69 Å². The number of hydrogen-bond donors (Lipinski definition) is 0. The molecule has 3 aliphatic carbocycles. The second-order valence-electron chi connectivity index (χ2n) is 17.7. The number of nitrogens with zero attached hydrogens (tertiary/aromatic N) is 1. The summed E-state index contributed by atoms with van der Waals surface area (Å²) in [7, 11) is 0. The summed E-state index contributed by atoms with van der Waals surface area (Å²) in [6, 6.07) is 59.9. The molecule has 1 fully saturated rings. The lowest BCUT2D eigenvalue weighted by Crippen LogP contribution is -2.21. The molecule has 0 aromatic heterocycles. The van der Waals surface area contributed by atoms with Gasteiger partial charge >= 0.3 is 0 Å². The van der Waals surface area contributed by atoms with E-state index in [4.69, 9.17) is 0 Å². The van der Waals surface area contributed by atoms with Crippen LogP contribution in [0.4, 0.5) is 17.1 Å². The summed E-state index contributed by atoms with van der Waals surface area (Å²) in [4.78, 5) is 2.51. The van der Waals surface area contributed by atoms with E-state index in [1.807, 2.05) is 0 Å². The first-order valence-corrected chi connectivity index (χ1v) is 20.2. The first kappa shape index (κ1) is 33.9. The molecule has 55 heavy (non-hydrogen) atoms. The number of rotatable bonds is 5. The number of anilines is 3. The van der Waals surface area contributed by atoms with Crippen molar-refractivity contribution >= 4 is 17.1 Å². The van der Waals surface area contributed by atoms with Gasteiger partial charge in [0.1, 0.15) is 0 Å². The second kappa shape index (κ2) is 12.4. The number of benzene rings is 7. The molecule has 0 unspecified atom stereocenters. The van der Waals surface area contributed by atoms with Crippen molar-refractivity contribution in [2.24, 2.45) is 0 Å². The Labute approximate surface area is 327 Å². The fraction of sp³-hybridized carbons (Fsp3) is 0.222. The van der Waals surface area contributed by atoms with Crippen molar-refractivity contribution < 1.29 is 0 Å². The number of para-hydroxylation sites is 1. The summed E-state index contributed by atoms with van der Waals surface area (Å²) in [5.41, 5.74) is 21.4. The van der Waals surface area contributed by atoms with Crippen molar-refractivity contribution in [3.8, 4) is 44.5 Å². The zero-order valence-electron chi connectivity index (χ0n) is 32.8. The monoisotopic (exact) mass is 711 g/mol. The summed E-state index contributed by atoms with van der Waals surface area (Å²) < 4.78 is 0. The minimum absolute atomic E-state index is 0.0765. The van der Waals surface area contributed by atoms with E-state index in [0.29, 0.717) is 0 Å². The van der Waals surface area contributed by atoms with Crippen LogP contribution in [0.3, 0.4) is 0 Å². The average molecular weight is 712 g/mol. The lowest BCUT2D eigenvalue weighted by molar-refractivity contribution is 0.550. The molecular weight excluding hydrogens is 663 g/mol. The van der Waals surface area contributed by atoms with Crippen molar-refractivity contribution in [3.63, 3.8) is 0 Å². The SMILES string of the molecule is CC(C)(C)c1ccc(-c2ccccc2N(c2ccc(-c3cccc4c3C(C)(C)c3ccccc3-4)cc2)c2ccc3c(c2)C2(CCCC2)c2ccccc2-3)cc1. The summed E-state index contributed by atoms with van der Waals surface area (Å²) in [6.07, 6.45) is 4.99. The van der Waals surface area contributed by atoms with E-state index in [9.17, 15) is 0 Å². The van der Waals surface area contributed by atoms with Gasteiger partial charge in [0.25, 0.3) is 0 Å². The molecule has 1 nitrogen and oxygen atoms in total. The molecule has 1 spiro atoms. The Morgan fingerprint density at radius 3 is 1.69 bits per heavy atom. The third kappa shape index (κ3) is 5.20. The van der Waals surface area contributed by atoms with E-state index in [1.165, 1.54) is 109 Å². The summed E-state index contributed by atoms with van der Waals surface area (Å²) >= 11 is 0. The lowest BCUT2D eigenvalue weighted by Gasteiger charge is -2.31. The Hall–Kier alpha value is -5.66. The predicted octanol–water partition coefficient (Wildman–Crippen LogP) is 14.9. The van der Waals surface area contributed by atoms with Gasteiger partial charge in [-0.3, -0.25) is 0 Å². The quantitative estimate of drug-likeness (QED) is 0.172. The van der Waals surface area contributed by atoms with Crippen LogP contribution in [-0.4, -0.2) is 0 Å². The van der Waals surface area contributed by atoms with Crippen molar-refractivity contribution in [2.75, 3.05) is 4.90 Å². The van der Waals surface area contributed by atoms with Crippen molar-refractivity contribution in [1.82, 2.24) is 0 Å². The molecule has 0 N–H and O–H groups in total. The van der Waals surface area contributed by atoms with Crippen LogP contribution in [0.15, 0.2) is 158 Å². The first-order valence-electron chi connectivity index (χ1n) is 20.2. The van der Waals surface area contributed by atoms with E-state index >= 15 is 0 Å². The minimum atomic E-state index is -0.0765. The van der Waals surface area contributed by atoms with Gasteiger partial charge in [-0.05, 0) is 115 Å². The zero-order valence-corrected chi connectivity index (χ0v) is 32.8. The summed E-state index contributed by atoms with van der Waals surface area (Å²) in [5, 5.41) is 0. The van der Waals surface area contributed by atoms with Crippen LogP contribution < -0.4 is 4.90 Å². The first-order chi connectivity index (χ1) is 26.6. The Morgan fingerprint density at radius 1 is 0.455 bits per heavy atom. The van der Waals surface area contributed by atoms with E-state index < -0.39 is 0 Å². The van der Waals surface area contributed by atoms with E-state index in [1.54, 1.807) is 0 Å². The van der Waals surface area contributed by atoms with Gasteiger partial charge in [-0.25, -0.2) is 0 Å². The molecule has 7 aromatic carbocycles. The molecule has 0 bridgehead atoms. The molecule has 0 amide bonds. The van der Waals surface area contributed by atoms with Gasteiger partial charge in [0.15, 0.2) is 0 Å². The molecule has 7 aromatic rings. The maximum absolute atomic E-state index is 2.54. The van der Waals surface area contributed by atoms with Crippen molar-refractivity contribution in [3.05, 3.63) is 186 Å². The zero-order chi connectivity index (χ0) is 37.5. The van der Waals surface area contributed by atoms with Gasteiger partial charge in [0.05, 0.1) is 5.69 Å². The van der Waals surface area contributed by atoms with Crippen molar-refractivity contribution in [1.29, 1.82) is 0 Å². The highest BCUT2D eigenvalue weighted by Gasteiger charge is 2.45. The van der Waals surface area contributed by atoms with Gasteiger partial charge in [-0.2, -0.15) is 0 Å². The average Bonchev–Trinajstić information content (AvgIpc) is 3.88. The van der Waals surface area contributed by atoms with Gasteiger partial charge < -0.3 is 4.90 Å². The van der Waals surface area contributed by atoms with Crippen LogP contribution >= 0.6 is 0 Å². The molecule has 1 heteroatoms. The second-order valence-corrected chi connectivity index (χ2v) is 17.7. The standard InChI is InChI=1S/C54H49N/c1-52(2,3)38-27-23-36(24-28-38)41-15-8-11-22-50(41)55(40-31-32-45-43-16-7-10-21-48(43)54(49(45)35-40)33-12-13-34-54)39-29-25-37(26-30-39)42-18-14-19-46-44-17-6-9-20-47(44)53(4,5)51(42)46/h6-11,14-32,35H,12-13,33-34H2,1-5H3. The van der Waals surface area contributed by atoms with Gasteiger partial charge in [-0.1, -0.05) is 175 Å². The van der Waals surface area contributed by atoms with Gasteiger partial charge in [0.2, 0.25) is 0 Å². The van der Waals surface area contributed by atoms with Crippen LogP contribution in [0.5, 0.6) is 0 Å². The van der Waals surface area contributed by atoms with Crippen LogP contribution in [0.1, 0.15) is 88.1 Å². The molecule has 0 atom stereocenters. The summed E-state index contributed by atoms with van der Waals surface area (Å²) in [6.45, 7) is 11.6.